The number of ether oxygens (including phenoxy) is 1. The third kappa shape index (κ3) is 4.63. The normalized spacial score (nSPS) is 18.7. The van der Waals surface area contributed by atoms with Crippen LogP contribution in [-0.4, -0.2) is 48.1 Å². The number of hydrogen-bond donors (Lipinski definition) is 0. The Labute approximate surface area is 183 Å². The first-order valence-corrected chi connectivity index (χ1v) is 10.9. The van der Waals surface area contributed by atoms with Gasteiger partial charge in [-0.15, -0.1) is 0 Å². The Bertz CT molecular complexity index is 967. The first-order chi connectivity index (χ1) is 15.1. The molecule has 0 saturated heterocycles. The zero-order valence-corrected chi connectivity index (χ0v) is 18.2. The third-order valence-corrected chi connectivity index (χ3v) is 6.21. The van der Waals surface area contributed by atoms with Gasteiger partial charge in [-0.1, -0.05) is 55.3 Å². The first kappa shape index (κ1) is 21.1. The van der Waals surface area contributed by atoms with Crippen LogP contribution in [0.2, 0.25) is 0 Å². The van der Waals surface area contributed by atoms with Gasteiger partial charge in [-0.3, -0.25) is 9.59 Å². The maximum absolute atomic E-state index is 13.3. The fourth-order valence-corrected chi connectivity index (χ4v) is 4.49. The van der Waals surface area contributed by atoms with Crippen molar-refractivity contribution < 1.29 is 14.3 Å². The summed E-state index contributed by atoms with van der Waals surface area (Å²) in [4.78, 5) is 27.5. The van der Waals surface area contributed by atoms with E-state index in [-0.39, 0.29) is 30.3 Å². The molecule has 6 nitrogen and oxygen atoms in total. The van der Waals surface area contributed by atoms with Gasteiger partial charge in [0.1, 0.15) is 12.3 Å². The standard InChI is InChI=1S/C25H29N3O3/c1-27(25(30)19-11-6-7-12-19)17-24(29)28-23(18-9-4-3-5-10-18)16-22(26-28)20-13-8-14-21(15-20)31-2/h3-5,8-10,13-15,19,23H,6-7,11-12,16-17H2,1-2H3/t23-/m1/s1. The highest BCUT2D eigenvalue weighted by atomic mass is 16.5. The number of amides is 2. The molecular weight excluding hydrogens is 390 g/mol. The largest absolute Gasteiger partial charge is 0.497 e. The Morgan fingerprint density at radius 1 is 1.10 bits per heavy atom. The molecular formula is C25H29N3O3. The smallest absolute Gasteiger partial charge is 0.262 e. The lowest BCUT2D eigenvalue weighted by molar-refractivity contribution is -0.142. The molecule has 1 aliphatic carbocycles. The summed E-state index contributed by atoms with van der Waals surface area (Å²) in [5, 5.41) is 6.27. The van der Waals surface area contributed by atoms with E-state index in [9.17, 15) is 9.59 Å². The molecule has 2 aromatic carbocycles. The van der Waals surface area contributed by atoms with E-state index >= 15 is 0 Å². The summed E-state index contributed by atoms with van der Waals surface area (Å²) in [6.45, 7) is 0.0353. The molecule has 1 atom stereocenters. The number of carbonyl (C=O) groups excluding carboxylic acids is 2. The molecule has 2 amide bonds. The minimum atomic E-state index is -0.190. The van der Waals surface area contributed by atoms with Crippen molar-refractivity contribution in [2.24, 2.45) is 11.0 Å². The monoisotopic (exact) mass is 419 g/mol. The number of methoxy groups -OCH3 is 1. The molecule has 1 heterocycles. The SMILES string of the molecule is COc1cccc(C2=NN(C(=O)CN(C)C(=O)C3CCCC3)[C@@H](c3ccccc3)C2)c1. The van der Waals surface area contributed by atoms with Crippen molar-refractivity contribution in [3.05, 3.63) is 65.7 Å². The Hall–Kier alpha value is -3.15. The van der Waals surface area contributed by atoms with Gasteiger partial charge >= 0.3 is 0 Å². The molecule has 0 spiro atoms. The Kier molecular flexibility index (Phi) is 6.35. The number of rotatable bonds is 6. The molecule has 1 aliphatic heterocycles. The van der Waals surface area contributed by atoms with Gasteiger partial charge in [0.15, 0.2) is 0 Å². The van der Waals surface area contributed by atoms with Crippen molar-refractivity contribution >= 4 is 17.5 Å². The predicted octanol–water partition coefficient (Wildman–Crippen LogP) is 4.02. The molecule has 0 bridgehead atoms. The molecule has 1 saturated carbocycles. The van der Waals surface area contributed by atoms with E-state index in [1.807, 2.05) is 54.6 Å². The van der Waals surface area contributed by atoms with Crippen LogP contribution in [0.25, 0.3) is 0 Å². The Balaban J connectivity index is 1.56. The number of carbonyl (C=O) groups is 2. The van der Waals surface area contributed by atoms with Crippen LogP contribution in [-0.2, 0) is 9.59 Å². The molecule has 4 rings (SSSR count). The van der Waals surface area contributed by atoms with E-state index in [4.69, 9.17) is 9.84 Å². The van der Waals surface area contributed by atoms with Crippen LogP contribution in [0.4, 0.5) is 0 Å². The molecule has 0 N–H and O–H groups in total. The molecule has 0 unspecified atom stereocenters. The third-order valence-electron chi connectivity index (χ3n) is 6.21. The molecule has 1 fully saturated rings. The quantitative estimate of drug-likeness (QED) is 0.710. The number of hydrogen-bond acceptors (Lipinski definition) is 4. The van der Waals surface area contributed by atoms with Crippen LogP contribution >= 0.6 is 0 Å². The highest BCUT2D eigenvalue weighted by Gasteiger charge is 2.35. The minimum absolute atomic E-state index is 0.0353. The maximum Gasteiger partial charge on any atom is 0.262 e. The van der Waals surface area contributed by atoms with Gasteiger partial charge in [0.2, 0.25) is 5.91 Å². The zero-order valence-electron chi connectivity index (χ0n) is 18.2. The summed E-state index contributed by atoms with van der Waals surface area (Å²) < 4.78 is 5.35. The van der Waals surface area contributed by atoms with Crippen LogP contribution in [0.15, 0.2) is 59.7 Å². The van der Waals surface area contributed by atoms with E-state index in [1.54, 1.807) is 24.1 Å². The van der Waals surface area contributed by atoms with Gasteiger partial charge in [-0.05, 0) is 30.5 Å². The van der Waals surface area contributed by atoms with Gasteiger partial charge in [0, 0.05) is 24.9 Å². The second-order valence-corrected chi connectivity index (χ2v) is 8.32. The second-order valence-electron chi connectivity index (χ2n) is 8.32. The highest BCUT2D eigenvalue weighted by molar-refractivity contribution is 6.03. The van der Waals surface area contributed by atoms with Gasteiger partial charge < -0.3 is 9.64 Å². The zero-order chi connectivity index (χ0) is 21.8. The summed E-state index contributed by atoms with van der Waals surface area (Å²) in [5.74, 6) is 0.708. The predicted molar refractivity (Wildman–Crippen MR) is 120 cm³/mol. The Morgan fingerprint density at radius 3 is 2.55 bits per heavy atom. The lowest BCUT2D eigenvalue weighted by atomic mass is 9.98. The summed E-state index contributed by atoms with van der Waals surface area (Å²) in [6, 6.07) is 17.5. The number of likely N-dealkylation sites (N-methyl/N-ethyl adjacent to an activating group) is 1. The van der Waals surface area contributed by atoms with E-state index in [2.05, 4.69) is 0 Å². The van der Waals surface area contributed by atoms with Crippen molar-refractivity contribution in [2.45, 2.75) is 38.1 Å². The number of hydrazone groups is 1. The van der Waals surface area contributed by atoms with E-state index in [0.29, 0.717) is 6.42 Å². The second kappa shape index (κ2) is 9.33. The molecule has 2 aromatic rings. The van der Waals surface area contributed by atoms with Crippen LogP contribution in [0, 0.1) is 5.92 Å². The van der Waals surface area contributed by atoms with Crippen LogP contribution in [0.3, 0.4) is 0 Å². The van der Waals surface area contributed by atoms with Crippen molar-refractivity contribution in [3.63, 3.8) is 0 Å². The summed E-state index contributed by atoms with van der Waals surface area (Å²) in [6.07, 6.45) is 4.64. The van der Waals surface area contributed by atoms with E-state index < -0.39 is 0 Å². The Morgan fingerprint density at radius 2 is 1.84 bits per heavy atom. The molecule has 162 valence electrons. The van der Waals surface area contributed by atoms with E-state index in [1.165, 1.54) is 0 Å². The van der Waals surface area contributed by atoms with Crippen molar-refractivity contribution in [2.75, 3.05) is 20.7 Å². The first-order valence-electron chi connectivity index (χ1n) is 10.9. The van der Waals surface area contributed by atoms with Gasteiger partial charge in [0.05, 0.1) is 18.9 Å². The van der Waals surface area contributed by atoms with Crippen molar-refractivity contribution in [1.82, 2.24) is 9.91 Å². The average Bonchev–Trinajstić information content (AvgIpc) is 3.49. The lowest BCUT2D eigenvalue weighted by Gasteiger charge is -2.26. The fraction of sp³-hybridized carbons (Fsp3) is 0.400. The topological polar surface area (TPSA) is 62.2 Å². The number of nitrogens with zero attached hydrogens (tertiary/aromatic N) is 3. The minimum Gasteiger partial charge on any atom is -0.497 e. The highest BCUT2D eigenvalue weighted by Crippen LogP contribution is 2.33. The van der Waals surface area contributed by atoms with Gasteiger partial charge in [-0.2, -0.15) is 5.10 Å². The fourth-order valence-electron chi connectivity index (χ4n) is 4.49. The summed E-state index contributed by atoms with van der Waals surface area (Å²) >= 11 is 0. The lowest BCUT2D eigenvalue weighted by Crippen LogP contribution is -2.41. The van der Waals surface area contributed by atoms with Crippen molar-refractivity contribution in [1.29, 1.82) is 0 Å². The molecule has 2 aliphatic rings. The molecule has 6 heteroatoms. The molecule has 0 aromatic heterocycles. The number of benzene rings is 2. The summed E-state index contributed by atoms with van der Waals surface area (Å²) in [7, 11) is 3.36. The maximum atomic E-state index is 13.3. The summed E-state index contributed by atoms with van der Waals surface area (Å²) in [5.41, 5.74) is 2.80. The van der Waals surface area contributed by atoms with Crippen LogP contribution in [0.1, 0.15) is 49.3 Å². The molecule has 0 radical (unpaired) electrons. The van der Waals surface area contributed by atoms with Gasteiger partial charge in [0.25, 0.3) is 5.91 Å². The van der Waals surface area contributed by atoms with Gasteiger partial charge in [-0.25, -0.2) is 5.01 Å². The average molecular weight is 420 g/mol. The van der Waals surface area contributed by atoms with Crippen molar-refractivity contribution in [3.8, 4) is 5.75 Å². The van der Waals surface area contributed by atoms with Crippen LogP contribution < -0.4 is 4.74 Å². The van der Waals surface area contributed by atoms with Crippen LogP contribution in [0.5, 0.6) is 5.75 Å². The van der Waals surface area contributed by atoms with E-state index in [0.717, 1.165) is 48.3 Å². The molecule has 31 heavy (non-hydrogen) atoms.